The third-order valence-corrected chi connectivity index (χ3v) is 4.92. The summed E-state index contributed by atoms with van der Waals surface area (Å²) in [6.07, 6.45) is 13.6. The molecule has 1 atom stereocenters. The molecule has 0 bridgehead atoms. The maximum Gasteiger partial charge on any atom is 0.305 e. The summed E-state index contributed by atoms with van der Waals surface area (Å²) in [5, 5.41) is 2.09. The largest absolute Gasteiger partial charge is 0.466 e. The van der Waals surface area contributed by atoms with Crippen LogP contribution >= 0.6 is 0 Å². The summed E-state index contributed by atoms with van der Waals surface area (Å²) in [5.41, 5.74) is 8.71. The number of hydrogen-bond donors (Lipinski definition) is 2. The average molecular weight is 370 g/mol. The van der Waals surface area contributed by atoms with Crippen LogP contribution in [0.2, 0.25) is 0 Å². The van der Waals surface area contributed by atoms with Crippen molar-refractivity contribution in [3.05, 3.63) is 0 Å². The molecule has 3 N–H and O–H groups in total. The fourth-order valence-electron chi connectivity index (χ4n) is 3.29. The molecule has 1 amide bonds. The number of piperidine rings is 1. The predicted molar refractivity (Wildman–Crippen MR) is 104 cm³/mol. The number of nitrogens with two attached hydrogens (primary N) is 1. The highest BCUT2D eigenvalue weighted by atomic mass is 16.5. The summed E-state index contributed by atoms with van der Waals surface area (Å²) in [6, 6.07) is -0.380. The molecule has 1 unspecified atom stereocenters. The van der Waals surface area contributed by atoms with Gasteiger partial charge in [-0.1, -0.05) is 51.9 Å². The lowest BCUT2D eigenvalue weighted by molar-refractivity contribution is -0.143. The fourth-order valence-corrected chi connectivity index (χ4v) is 3.29. The Balaban J connectivity index is 2.03. The first kappa shape index (κ1) is 22.9. The first-order chi connectivity index (χ1) is 12.6. The SMILES string of the molecule is CCCCCCCCCC(=O)OCCCC(NN1CCCCC1)C(N)=O. The molecule has 152 valence electrons. The maximum absolute atomic E-state index is 11.7. The number of unbranched alkanes of at least 4 members (excludes halogenated alkanes) is 6. The summed E-state index contributed by atoms with van der Waals surface area (Å²) in [7, 11) is 0. The summed E-state index contributed by atoms with van der Waals surface area (Å²) in [6.45, 7) is 4.49. The highest BCUT2D eigenvalue weighted by molar-refractivity contribution is 5.79. The van der Waals surface area contributed by atoms with E-state index < -0.39 is 0 Å². The Bertz CT molecular complexity index is 384. The van der Waals surface area contributed by atoms with Crippen molar-refractivity contribution in [1.82, 2.24) is 10.4 Å². The zero-order valence-electron chi connectivity index (χ0n) is 16.6. The standard InChI is InChI=1S/C20H39N3O3/c1-2-3-4-5-6-7-9-14-19(24)26-17-12-13-18(20(21)25)22-23-15-10-8-11-16-23/h18,22H,2-17H2,1H3,(H2,21,25). The Kier molecular flexibility index (Phi) is 13.2. The molecule has 0 aromatic heterocycles. The Morgan fingerprint density at radius 3 is 2.31 bits per heavy atom. The minimum atomic E-state index is -0.380. The van der Waals surface area contributed by atoms with Gasteiger partial charge < -0.3 is 10.5 Å². The molecule has 0 aromatic rings. The van der Waals surface area contributed by atoms with Gasteiger partial charge in [0, 0.05) is 19.5 Å². The van der Waals surface area contributed by atoms with Gasteiger partial charge in [0.1, 0.15) is 6.04 Å². The van der Waals surface area contributed by atoms with Crippen LogP contribution in [0.1, 0.15) is 90.4 Å². The lowest BCUT2D eigenvalue weighted by Gasteiger charge is -2.30. The summed E-state index contributed by atoms with van der Waals surface area (Å²) >= 11 is 0. The second kappa shape index (κ2) is 15.0. The highest BCUT2D eigenvalue weighted by Crippen LogP contribution is 2.10. The van der Waals surface area contributed by atoms with Gasteiger partial charge in [0.05, 0.1) is 6.61 Å². The van der Waals surface area contributed by atoms with Crippen LogP contribution in [-0.2, 0) is 14.3 Å². The first-order valence-electron chi connectivity index (χ1n) is 10.6. The van der Waals surface area contributed by atoms with Gasteiger partial charge in [-0.25, -0.2) is 10.4 Å². The minimum Gasteiger partial charge on any atom is -0.466 e. The van der Waals surface area contributed by atoms with Crippen molar-refractivity contribution in [2.24, 2.45) is 5.73 Å². The van der Waals surface area contributed by atoms with E-state index in [4.69, 9.17) is 10.5 Å². The number of nitrogens with one attached hydrogen (secondary N) is 1. The third kappa shape index (κ3) is 11.5. The van der Waals surface area contributed by atoms with Crippen molar-refractivity contribution in [3.8, 4) is 0 Å². The molecule has 1 rings (SSSR count). The second-order valence-electron chi connectivity index (χ2n) is 7.37. The van der Waals surface area contributed by atoms with Crippen LogP contribution < -0.4 is 11.2 Å². The Hall–Kier alpha value is -1.14. The van der Waals surface area contributed by atoms with E-state index in [1.807, 2.05) is 0 Å². The van der Waals surface area contributed by atoms with Gasteiger partial charge >= 0.3 is 5.97 Å². The normalized spacial score (nSPS) is 16.3. The van der Waals surface area contributed by atoms with Crippen molar-refractivity contribution >= 4 is 11.9 Å². The first-order valence-corrected chi connectivity index (χ1v) is 10.6. The maximum atomic E-state index is 11.7. The molecule has 26 heavy (non-hydrogen) atoms. The Labute approximate surface area is 159 Å². The van der Waals surface area contributed by atoms with Gasteiger partial charge in [-0.05, 0) is 32.1 Å². The van der Waals surface area contributed by atoms with E-state index in [2.05, 4.69) is 17.4 Å². The van der Waals surface area contributed by atoms with Gasteiger partial charge in [-0.2, -0.15) is 0 Å². The van der Waals surface area contributed by atoms with Gasteiger partial charge in [-0.3, -0.25) is 9.59 Å². The van der Waals surface area contributed by atoms with Crippen LogP contribution in [-0.4, -0.2) is 42.6 Å². The topological polar surface area (TPSA) is 84.7 Å². The highest BCUT2D eigenvalue weighted by Gasteiger charge is 2.19. The molecule has 0 saturated carbocycles. The van der Waals surface area contributed by atoms with Crippen molar-refractivity contribution in [3.63, 3.8) is 0 Å². The van der Waals surface area contributed by atoms with E-state index in [-0.39, 0.29) is 17.9 Å². The van der Waals surface area contributed by atoms with Gasteiger partial charge in [0.25, 0.3) is 0 Å². The number of esters is 1. The van der Waals surface area contributed by atoms with E-state index in [0.717, 1.165) is 38.8 Å². The van der Waals surface area contributed by atoms with Crippen LogP contribution in [0.5, 0.6) is 0 Å². The quantitative estimate of drug-likeness (QED) is 0.342. The number of amides is 1. The molecule has 6 nitrogen and oxygen atoms in total. The molecule has 1 aliphatic heterocycles. The lowest BCUT2D eigenvalue weighted by atomic mass is 10.1. The zero-order chi connectivity index (χ0) is 19.0. The van der Waals surface area contributed by atoms with E-state index in [0.29, 0.717) is 25.9 Å². The number of ether oxygens (including phenoxy) is 1. The molecule has 1 fully saturated rings. The van der Waals surface area contributed by atoms with Gasteiger partial charge in [0.2, 0.25) is 5.91 Å². The number of nitrogens with zero attached hydrogens (tertiary/aromatic N) is 1. The molecule has 0 aliphatic carbocycles. The van der Waals surface area contributed by atoms with Crippen LogP contribution in [0, 0.1) is 0 Å². The number of carbonyl (C=O) groups excluding carboxylic acids is 2. The van der Waals surface area contributed by atoms with Crippen LogP contribution in [0.3, 0.4) is 0 Å². The van der Waals surface area contributed by atoms with Crippen molar-refractivity contribution in [1.29, 1.82) is 0 Å². The summed E-state index contributed by atoms with van der Waals surface area (Å²) < 4.78 is 5.27. The Morgan fingerprint density at radius 2 is 1.65 bits per heavy atom. The summed E-state index contributed by atoms with van der Waals surface area (Å²) in [5.74, 6) is -0.469. The zero-order valence-corrected chi connectivity index (χ0v) is 16.6. The smallest absolute Gasteiger partial charge is 0.305 e. The van der Waals surface area contributed by atoms with Crippen LogP contribution in [0.4, 0.5) is 0 Å². The Morgan fingerprint density at radius 1 is 1.00 bits per heavy atom. The molecule has 0 spiro atoms. The molecular formula is C20H39N3O3. The minimum absolute atomic E-state index is 0.127. The molecule has 1 heterocycles. The average Bonchev–Trinajstić information content (AvgIpc) is 2.64. The predicted octanol–water partition coefficient (Wildman–Crippen LogP) is 3.29. The van der Waals surface area contributed by atoms with Gasteiger partial charge in [0.15, 0.2) is 0 Å². The van der Waals surface area contributed by atoms with Crippen molar-refractivity contribution < 1.29 is 14.3 Å². The van der Waals surface area contributed by atoms with Crippen LogP contribution in [0.15, 0.2) is 0 Å². The number of carbonyl (C=O) groups is 2. The summed E-state index contributed by atoms with van der Waals surface area (Å²) in [4.78, 5) is 23.3. The fraction of sp³-hybridized carbons (Fsp3) is 0.900. The molecule has 0 radical (unpaired) electrons. The van der Waals surface area contributed by atoms with E-state index in [9.17, 15) is 9.59 Å². The lowest BCUT2D eigenvalue weighted by Crippen LogP contribution is -2.52. The molecule has 1 saturated heterocycles. The van der Waals surface area contributed by atoms with Crippen LogP contribution in [0.25, 0.3) is 0 Å². The van der Waals surface area contributed by atoms with E-state index in [1.165, 1.54) is 38.5 Å². The number of hydrogen-bond acceptors (Lipinski definition) is 5. The number of rotatable bonds is 15. The monoisotopic (exact) mass is 369 g/mol. The number of hydrazine groups is 1. The van der Waals surface area contributed by atoms with Crippen molar-refractivity contribution in [2.45, 2.75) is 96.4 Å². The molecule has 6 heteroatoms. The molecule has 0 aromatic carbocycles. The van der Waals surface area contributed by atoms with E-state index >= 15 is 0 Å². The van der Waals surface area contributed by atoms with Gasteiger partial charge in [-0.15, -0.1) is 0 Å². The molecule has 1 aliphatic rings. The number of primary amides is 1. The second-order valence-corrected chi connectivity index (χ2v) is 7.37. The van der Waals surface area contributed by atoms with Crippen molar-refractivity contribution in [2.75, 3.05) is 19.7 Å². The third-order valence-electron chi connectivity index (χ3n) is 4.92. The van der Waals surface area contributed by atoms with E-state index in [1.54, 1.807) is 0 Å². The molecular weight excluding hydrogens is 330 g/mol.